The molecule has 0 bridgehead atoms. The Morgan fingerprint density at radius 1 is 1.05 bits per heavy atom. The fourth-order valence-corrected chi connectivity index (χ4v) is 6.09. The van der Waals surface area contributed by atoms with Crippen LogP contribution in [0.5, 0.6) is 11.5 Å². The minimum atomic E-state index is -0.323. The van der Waals surface area contributed by atoms with E-state index >= 15 is 0 Å². The second-order valence-electron chi connectivity index (χ2n) is 9.53. The summed E-state index contributed by atoms with van der Waals surface area (Å²) in [4.78, 5) is 34.0. The zero-order valence-corrected chi connectivity index (χ0v) is 23.2. The Balaban J connectivity index is 0.00000151. The van der Waals surface area contributed by atoms with E-state index in [9.17, 15) is 9.59 Å². The number of aromatic nitrogens is 1. The lowest BCUT2D eigenvalue weighted by atomic mass is 9.92. The molecule has 0 radical (unpaired) electrons. The van der Waals surface area contributed by atoms with Crippen molar-refractivity contribution in [1.82, 2.24) is 10.3 Å². The molecule has 1 aliphatic carbocycles. The molecule has 4 N–H and O–H groups in total. The summed E-state index contributed by atoms with van der Waals surface area (Å²) in [5, 5.41) is 6.88. The van der Waals surface area contributed by atoms with Gasteiger partial charge in [-0.2, -0.15) is 0 Å². The van der Waals surface area contributed by atoms with E-state index in [1.165, 1.54) is 11.3 Å². The number of ether oxygens (including phenoxy) is 1. The number of carbonyl (C=O) groups is 2. The maximum absolute atomic E-state index is 13.4. The number of nitrogens with two attached hydrogens (primary N) is 1. The first kappa shape index (κ1) is 26.6. The van der Waals surface area contributed by atoms with Gasteiger partial charge in [0.2, 0.25) is 0 Å². The van der Waals surface area contributed by atoms with E-state index in [-0.39, 0.29) is 24.0 Å². The maximum Gasteiger partial charge on any atom is 0.331 e. The fraction of sp³-hybridized carbons (Fsp3) is 0.300. The molecule has 8 nitrogen and oxygen atoms in total. The number of nitrogens with one attached hydrogen (secondary N) is 2. The number of carbonyl (C=O) groups excluding carboxylic acids is 2. The molecule has 0 unspecified atom stereocenters. The molecule has 2 aromatic carbocycles. The van der Waals surface area contributed by atoms with Gasteiger partial charge in [-0.05, 0) is 74.6 Å². The number of hydrogen-bond donors (Lipinski definition) is 3. The number of nitrogens with zero attached hydrogens (tertiary/aromatic N) is 2. The molecule has 4 aromatic rings. The highest BCUT2D eigenvalue weighted by Gasteiger charge is 2.34. The zero-order chi connectivity index (χ0) is 27.5. The lowest BCUT2D eigenvalue weighted by Crippen LogP contribution is -2.40. The monoisotopic (exact) mass is 543 g/mol. The second-order valence-corrected chi connectivity index (χ2v) is 10.5. The van der Waals surface area contributed by atoms with Crippen molar-refractivity contribution in [2.45, 2.75) is 58.5 Å². The van der Waals surface area contributed by atoms with Crippen LogP contribution in [-0.4, -0.2) is 29.0 Å². The van der Waals surface area contributed by atoms with Gasteiger partial charge < -0.3 is 21.1 Å². The quantitative estimate of drug-likeness (QED) is 0.249. The van der Waals surface area contributed by atoms with E-state index in [1.54, 1.807) is 11.1 Å². The van der Waals surface area contributed by atoms with Crippen LogP contribution in [0.25, 0.3) is 10.2 Å². The molecule has 1 saturated carbocycles. The van der Waals surface area contributed by atoms with E-state index in [2.05, 4.69) is 15.6 Å². The van der Waals surface area contributed by atoms with Crippen LogP contribution >= 0.6 is 11.3 Å². The van der Waals surface area contributed by atoms with Gasteiger partial charge in [-0.1, -0.05) is 32.0 Å². The molecule has 2 aromatic heterocycles. The molecule has 0 saturated heterocycles. The van der Waals surface area contributed by atoms with Crippen molar-refractivity contribution in [1.29, 1.82) is 0 Å². The number of benzene rings is 2. The van der Waals surface area contributed by atoms with Crippen LogP contribution in [0.2, 0.25) is 0 Å². The first-order valence-electron chi connectivity index (χ1n) is 13.4. The van der Waals surface area contributed by atoms with Crippen molar-refractivity contribution in [3.05, 3.63) is 71.2 Å². The highest BCUT2D eigenvalue weighted by molar-refractivity contribution is 7.21. The third kappa shape index (κ3) is 5.32. The van der Waals surface area contributed by atoms with Crippen LogP contribution in [0, 0.1) is 6.92 Å². The van der Waals surface area contributed by atoms with Gasteiger partial charge in [0.05, 0.1) is 22.4 Å². The summed E-state index contributed by atoms with van der Waals surface area (Å²) in [7, 11) is 0. The SMILES string of the molecule is CC.Cc1cc(Oc2ccccc2)ccc1N1C(=O)Nc2c(C(=O)NC3CCC(N)CC3)sc3nccc1c23. The third-order valence-corrected chi connectivity index (χ3v) is 8.04. The van der Waals surface area contributed by atoms with Gasteiger partial charge in [0.15, 0.2) is 0 Å². The van der Waals surface area contributed by atoms with E-state index < -0.39 is 0 Å². The lowest BCUT2D eigenvalue weighted by Gasteiger charge is -2.30. The summed E-state index contributed by atoms with van der Waals surface area (Å²) in [6.45, 7) is 5.94. The van der Waals surface area contributed by atoms with Crippen LogP contribution in [-0.2, 0) is 0 Å². The molecule has 6 rings (SSSR count). The Morgan fingerprint density at radius 2 is 1.79 bits per heavy atom. The van der Waals surface area contributed by atoms with Crippen LogP contribution in [0.3, 0.4) is 0 Å². The number of amides is 3. The maximum atomic E-state index is 13.4. The van der Waals surface area contributed by atoms with Gasteiger partial charge in [-0.3, -0.25) is 9.69 Å². The van der Waals surface area contributed by atoms with Crippen molar-refractivity contribution < 1.29 is 14.3 Å². The zero-order valence-electron chi connectivity index (χ0n) is 22.4. The number of aryl methyl sites for hydroxylation is 1. The molecule has 9 heteroatoms. The van der Waals surface area contributed by atoms with Crippen LogP contribution in [0.15, 0.2) is 60.8 Å². The molecule has 3 heterocycles. The van der Waals surface area contributed by atoms with Crippen molar-refractivity contribution >= 4 is 50.6 Å². The summed E-state index contributed by atoms with van der Waals surface area (Å²) in [6.07, 6.45) is 5.20. The molecular formula is C30H33N5O3S. The van der Waals surface area contributed by atoms with Gasteiger partial charge >= 0.3 is 6.03 Å². The number of rotatable bonds is 5. The molecule has 3 amide bonds. The molecule has 2 aliphatic rings. The van der Waals surface area contributed by atoms with Gasteiger partial charge in [0.25, 0.3) is 5.91 Å². The van der Waals surface area contributed by atoms with Crippen LogP contribution in [0.1, 0.15) is 54.8 Å². The smallest absolute Gasteiger partial charge is 0.331 e. The Bertz CT molecular complexity index is 1500. The summed E-state index contributed by atoms with van der Waals surface area (Å²) < 4.78 is 5.96. The largest absolute Gasteiger partial charge is 0.457 e. The fourth-order valence-electron chi connectivity index (χ4n) is 5.06. The summed E-state index contributed by atoms with van der Waals surface area (Å²) in [6, 6.07) is 17.0. The molecule has 0 atom stereocenters. The Hall–Kier alpha value is -3.95. The van der Waals surface area contributed by atoms with Crippen molar-refractivity contribution in [2.24, 2.45) is 5.73 Å². The number of urea groups is 1. The highest BCUT2D eigenvalue weighted by Crippen LogP contribution is 2.46. The predicted molar refractivity (Wildman–Crippen MR) is 158 cm³/mol. The molecule has 1 fully saturated rings. The Labute approximate surface area is 232 Å². The Morgan fingerprint density at radius 3 is 2.51 bits per heavy atom. The molecular weight excluding hydrogens is 510 g/mol. The predicted octanol–water partition coefficient (Wildman–Crippen LogP) is 7.11. The minimum Gasteiger partial charge on any atom is -0.457 e. The number of para-hydroxylation sites is 1. The normalized spacial score (nSPS) is 18.2. The van der Waals surface area contributed by atoms with Gasteiger partial charge in [0.1, 0.15) is 21.2 Å². The lowest BCUT2D eigenvalue weighted by molar-refractivity contribution is 0.0931. The summed E-state index contributed by atoms with van der Waals surface area (Å²) in [5.41, 5.74) is 8.84. The molecule has 1 aliphatic heterocycles. The topological polar surface area (TPSA) is 110 Å². The van der Waals surface area contributed by atoms with Gasteiger partial charge in [0, 0.05) is 18.3 Å². The second kappa shape index (κ2) is 11.4. The average Bonchev–Trinajstić information content (AvgIpc) is 3.32. The molecule has 0 spiro atoms. The first-order valence-corrected chi connectivity index (χ1v) is 14.2. The summed E-state index contributed by atoms with van der Waals surface area (Å²) in [5.74, 6) is 1.24. The Kier molecular flexibility index (Phi) is 7.81. The van der Waals surface area contributed by atoms with Crippen molar-refractivity contribution in [3.63, 3.8) is 0 Å². The van der Waals surface area contributed by atoms with Gasteiger partial charge in [-0.25, -0.2) is 9.78 Å². The van der Waals surface area contributed by atoms with Crippen LogP contribution in [0.4, 0.5) is 21.9 Å². The highest BCUT2D eigenvalue weighted by atomic mass is 32.1. The standard InChI is InChI=1S/C28H27N5O3S.C2H6/c1-16-15-20(36-19-5-3-2-4-6-19)11-12-21(16)33-22-13-14-30-27-23(22)24(32-28(33)35)25(37-27)26(34)31-18-9-7-17(29)8-10-18;1-2/h2-6,11-15,17-18H,7-10,29H2,1H3,(H,31,34)(H,32,35);1-2H3. The number of hydrogen-bond acceptors (Lipinski definition) is 6. The van der Waals surface area contributed by atoms with E-state index in [0.717, 1.165) is 48.1 Å². The number of thiophene rings is 1. The number of anilines is 3. The number of pyridine rings is 1. The van der Waals surface area contributed by atoms with E-state index in [4.69, 9.17) is 10.5 Å². The van der Waals surface area contributed by atoms with E-state index in [1.807, 2.05) is 75.4 Å². The van der Waals surface area contributed by atoms with Crippen LogP contribution < -0.4 is 26.0 Å². The van der Waals surface area contributed by atoms with Crippen molar-refractivity contribution in [2.75, 3.05) is 10.2 Å². The average molecular weight is 544 g/mol. The van der Waals surface area contributed by atoms with Crippen molar-refractivity contribution in [3.8, 4) is 11.5 Å². The first-order chi connectivity index (χ1) is 19.0. The molecule has 202 valence electrons. The van der Waals surface area contributed by atoms with E-state index in [0.29, 0.717) is 26.8 Å². The molecule has 39 heavy (non-hydrogen) atoms. The minimum absolute atomic E-state index is 0.0900. The summed E-state index contributed by atoms with van der Waals surface area (Å²) >= 11 is 1.30. The van der Waals surface area contributed by atoms with Gasteiger partial charge in [-0.15, -0.1) is 11.3 Å². The third-order valence-electron chi connectivity index (χ3n) is 6.95.